The zero-order chi connectivity index (χ0) is 17.8. The van der Waals surface area contributed by atoms with E-state index in [4.69, 9.17) is 4.52 Å². The van der Waals surface area contributed by atoms with Gasteiger partial charge in [-0.15, -0.1) is 0 Å². The van der Waals surface area contributed by atoms with E-state index in [2.05, 4.69) is 26.0 Å². The van der Waals surface area contributed by atoms with Gasteiger partial charge in [-0.05, 0) is 34.2 Å². The van der Waals surface area contributed by atoms with Gasteiger partial charge in [-0.25, -0.2) is 0 Å². The topological polar surface area (TPSA) is 49.7 Å². The van der Waals surface area contributed by atoms with Crippen LogP contribution in [0.4, 0.5) is 0 Å². The van der Waals surface area contributed by atoms with E-state index in [1.54, 1.807) is 0 Å². The molecule has 3 nitrogen and oxygen atoms in total. The van der Waals surface area contributed by atoms with E-state index in [0.29, 0.717) is 11.7 Å². The Hall–Kier alpha value is -2.19. The lowest BCUT2D eigenvalue weighted by Gasteiger charge is -2.21. The minimum absolute atomic E-state index is 0.316. The van der Waals surface area contributed by atoms with Crippen molar-refractivity contribution in [3.05, 3.63) is 78.4 Å². The molecule has 4 heteroatoms. The number of hydrogen-bond donors (Lipinski definition) is 2. The maximum Gasteiger partial charge on any atom is 0.391 e. The molecule has 3 rings (SSSR count). The van der Waals surface area contributed by atoms with E-state index in [0.717, 1.165) is 22.3 Å². The van der Waals surface area contributed by atoms with E-state index >= 15 is 0 Å². The molecule has 0 fully saturated rings. The van der Waals surface area contributed by atoms with Crippen molar-refractivity contribution in [3.8, 4) is 28.0 Å². The molecule has 0 aromatic heterocycles. The third kappa shape index (κ3) is 3.91. The lowest BCUT2D eigenvalue weighted by atomic mass is 9.86. The molecular weight excluding hydrogens is 331 g/mol. The number of hydrogen-bond acceptors (Lipinski definition) is 3. The van der Waals surface area contributed by atoms with Crippen molar-refractivity contribution in [1.29, 1.82) is 0 Å². The zero-order valence-electron chi connectivity index (χ0n) is 14.3. The van der Waals surface area contributed by atoms with Gasteiger partial charge in [-0.2, -0.15) is 0 Å². The Morgan fingerprint density at radius 1 is 0.720 bits per heavy atom. The van der Waals surface area contributed by atoms with Crippen molar-refractivity contribution >= 4 is 8.60 Å². The van der Waals surface area contributed by atoms with Crippen LogP contribution in [0.3, 0.4) is 0 Å². The molecule has 2 N–H and O–H groups in total. The van der Waals surface area contributed by atoms with Crippen LogP contribution in [-0.4, -0.2) is 9.79 Å². The minimum atomic E-state index is -2.49. The lowest BCUT2D eigenvalue weighted by Crippen LogP contribution is -1.99. The summed E-state index contributed by atoms with van der Waals surface area (Å²) in [6.07, 6.45) is 0. The van der Waals surface area contributed by atoms with Crippen LogP contribution in [0.5, 0.6) is 5.75 Å². The Kier molecular flexibility index (Phi) is 5.50. The second kappa shape index (κ2) is 7.79. The van der Waals surface area contributed by atoms with E-state index in [-0.39, 0.29) is 0 Å². The van der Waals surface area contributed by atoms with Gasteiger partial charge in [-0.3, -0.25) is 0 Å². The SMILES string of the molecule is CC(C)c1ccc(OP(O)O)c(-c2ccccc2)c1-c1ccccc1. The summed E-state index contributed by atoms with van der Waals surface area (Å²) < 4.78 is 5.37. The first-order chi connectivity index (χ1) is 12.1. The quantitative estimate of drug-likeness (QED) is 0.576. The van der Waals surface area contributed by atoms with Crippen LogP contribution in [0.15, 0.2) is 72.8 Å². The third-order valence-electron chi connectivity index (χ3n) is 4.13. The predicted molar refractivity (Wildman–Crippen MR) is 103 cm³/mol. The fraction of sp³-hybridized carbons (Fsp3) is 0.143. The van der Waals surface area contributed by atoms with E-state index in [1.165, 1.54) is 5.56 Å². The van der Waals surface area contributed by atoms with Gasteiger partial charge in [0.15, 0.2) is 0 Å². The molecule has 0 spiro atoms. The summed E-state index contributed by atoms with van der Waals surface area (Å²) in [7, 11) is -2.49. The fourth-order valence-corrected chi connectivity index (χ4v) is 3.38. The molecule has 0 atom stereocenters. The summed E-state index contributed by atoms with van der Waals surface area (Å²) in [6.45, 7) is 4.31. The van der Waals surface area contributed by atoms with Crippen LogP contribution in [0, 0.1) is 0 Å². The van der Waals surface area contributed by atoms with Crippen LogP contribution in [0.2, 0.25) is 0 Å². The molecule has 25 heavy (non-hydrogen) atoms. The Bertz CT molecular complexity index is 831. The lowest BCUT2D eigenvalue weighted by molar-refractivity contribution is 0.375. The first-order valence-corrected chi connectivity index (χ1v) is 9.38. The summed E-state index contributed by atoms with van der Waals surface area (Å²) in [6, 6.07) is 23.9. The van der Waals surface area contributed by atoms with Crippen molar-refractivity contribution in [1.82, 2.24) is 0 Å². The largest absolute Gasteiger partial charge is 0.426 e. The molecule has 128 valence electrons. The molecule has 0 saturated heterocycles. The smallest absolute Gasteiger partial charge is 0.391 e. The zero-order valence-corrected chi connectivity index (χ0v) is 15.1. The molecule has 0 saturated carbocycles. The van der Waals surface area contributed by atoms with E-state index in [9.17, 15) is 9.79 Å². The second-order valence-electron chi connectivity index (χ2n) is 6.13. The molecule has 0 unspecified atom stereocenters. The molecular formula is C21H21O3P. The van der Waals surface area contributed by atoms with Crippen LogP contribution >= 0.6 is 8.60 Å². The third-order valence-corrected chi connectivity index (χ3v) is 4.49. The summed E-state index contributed by atoms with van der Waals surface area (Å²) in [5.74, 6) is 0.794. The van der Waals surface area contributed by atoms with Gasteiger partial charge in [0.1, 0.15) is 5.75 Å². The van der Waals surface area contributed by atoms with Crippen LogP contribution < -0.4 is 4.52 Å². The Balaban J connectivity index is 2.35. The van der Waals surface area contributed by atoms with E-state index in [1.807, 2.05) is 60.7 Å². The second-order valence-corrected chi connectivity index (χ2v) is 6.82. The highest BCUT2D eigenvalue weighted by Crippen LogP contribution is 2.46. The first kappa shape index (κ1) is 17.6. The molecule has 0 radical (unpaired) electrons. The first-order valence-electron chi connectivity index (χ1n) is 8.21. The Morgan fingerprint density at radius 3 is 1.72 bits per heavy atom. The average molecular weight is 352 g/mol. The van der Waals surface area contributed by atoms with Crippen LogP contribution in [-0.2, 0) is 0 Å². The highest BCUT2D eigenvalue weighted by Gasteiger charge is 2.20. The molecule has 0 amide bonds. The number of rotatable bonds is 5. The molecule has 3 aromatic carbocycles. The molecule has 0 aliphatic rings. The predicted octanol–water partition coefficient (Wildman–Crippen LogP) is 5.73. The van der Waals surface area contributed by atoms with Crippen molar-refractivity contribution in [2.45, 2.75) is 19.8 Å². The van der Waals surface area contributed by atoms with Gasteiger partial charge in [-0.1, -0.05) is 80.6 Å². The molecule has 0 bridgehead atoms. The van der Waals surface area contributed by atoms with Crippen molar-refractivity contribution in [3.63, 3.8) is 0 Å². The minimum Gasteiger partial charge on any atom is -0.426 e. The molecule has 0 aliphatic carbocycles. The fourth-order valence-electron chi connectivity index (χ4n) is 3.05. The summed E-state index contributed by atoms with van der Waals surface area (Å²) >= 11 is 0. The monoisotopic (exact) mass is 352 g/mol. The highest BCUT2D eigenvalue weighted by atomic mass is 31.2. The van der Waals surface area contributed by atoms with Crippen molar-refractivity contribution in [2.75, 3.05) is 0 Å². The Morgan fingerprint density at radius 2 is 1.24 bits per heavy atom. The van der Waals surface area contributed by atoms with E-state index < -0.39 is 8.60 Å². The molecule has 3 aromatic rings. The Labute approximate surface area is 149 Å². The summed E-state index contributed by atoms with van der Waals surface area (Å²) in [5, 5.41) is 0. The molecule has 0 aliphatic heterocycles. The van der Waals surface area contributed by atoms with Gasteiger partial charge in [0, 0.05) is 5.56 Å². The van der Waals surface area contributed by atoms with Gasteiger partial charge in [0.2, 0.25) is 0 Å². The van der Waals surface area contributed by atoms with Crippen molar-refractivity contribution < 1.29 is 14.3 Å². The van der Waals surface area contributed by atoms with Crippen LogP contribution in [0.25, 0.3) is 22.3 Å². The maximum atomic E-state index is 9.42. The van der Waals surface area contributed by atoms with Crippen molar-refractivity contribution in [2.24, 2.45) is 0 Å². The van der Waals surface area contributed by atoms with Gasteiger partial charge in [0.05, 0.1) is 0 Å². The van der Waals surface area contributed by atoms with Gasteiger partial charge >= 0.3 is 8.60 Å². The van der Waals surface area contributed by atoms with Gasteiger partial charge < -0.3 is 14.3 Å². The average Bonchev–Trinajstić information content (AvgIpc) is 2.62. The molecule has 0 heterocycles. The summed E-state index contributed by atoms with van der Waals surface area (Å²) in [4.78, 5) is 18.8. The van der Waals surface area contributed by atoms with Crippen LogP contribution in [0.1, 0.15) is 25.3 Å². The highest BCUT2D eigenvalue weighted by molar-refractivity contribution is 7.39. The normalized spacial score (nSPS) is 11.1. The number of benzene rings is 3. The van der Waals surface area contributed by atoms with Gasteiger partial charge in [0.25, 0.3) is 0 Å². The summed E-state index contributed by atoms with van der Waals surface area (Å²) in [5.41, 5.74) is 5.20. The standard InChI is InChI=1S/C21H21O3P/c1-15(2)18-13-14-19(24-25(22)23)21(17-11-7-4-8-12-17)20(18)16-9-5-3-6-10-16/h3-15,22-23H,1-2H3. The maximum absolute atomic E-state index is 9.42.